The van der Waals surface area contributed by atoms with E-state index in [2.05, 4.69) is 17.1 Å². The molecule has 0 radical (unpaired) electrons. The van der Waals surface area contributed by atoms with Crippen LogP contribution in [0.3, 0.4) is 0 Å². The van der Waals surface area contributed by atoms with Crippen molar-refractivity contribution in [1.82, 2.24) is 15.3 Å². The van der Waals surface area contributed by atoms with Crippen LogP contribution in [0.1, 0.15) is 76.0 Å². The molecule has 3 heterocycles. The summed E-state index contributed by atoms with van der Waals surface area (Å²) >= 11 is 0. The number of aromatic nitrogens is 2. The predicted octanol–water partition coefficient (Wildman–Crippen LogP) is 3.42. The number of nitrogen functional groups attached to an aromatic ring is 1. The normalized spacial score (nSPS) is 32.3. The summed E-state index contributed by atoms with van der Waals surface area (Å²) in [6.07, 6.45) is 12.8. The molecule has 3 fully saturated rings. The summed E-state index contributed by atoms with van der Waals surface area (Å²) in [7, 11) is 0. The van der Waals surface area contributed by atoms with Crippen LogP contribution >= 0.6 is 0 Å². The number of piperidine rings is 2. The second kappa shape index (κ2) is 6.61. The molecule has 0 amide bonds. The molecule has 2 aliphatic carbocycles. The summed E-state index contributed by atoms with van der Waals surface area (Å²) in [5, 5.41) is 3.68. The Hall–Kier alpha value is -1.36. The molecule has 0 aromatic carbocycles. The zero-order valence-corrected chi connectivity index (χ0v) is 16.9. The maximum absolute atomic E-state index is 6.28. The molecular formula is C22H35N5. The maximum Gasteiger partial charge on any atom is 0.222 e. The molecule has 4 aliphatic rings. The molecular weight excluding hydrogens is 334 g/mol. The summed E-state index contributed by atoms with van der Waals surface area (Å²) < 4.78 is 0. The van der Waals surface area contributed by atoms with Gasteiger partial charge in [0.05, 0.1) is 5.69 Å². The third-order valence-electron chi connectivity index (χ3n) is 8.42. The minimum absolute atomic E-state index is 0.298. The molecule has 5 nitrogen and oxygen atoms in total. The molecule has 2 atom stereocenters. The number of anilines is 2. The van der Waals surface area contributed by atoms with E-state index in [0.29, 0.717) is 16.8 Å². The van der Waals surface area contributed by atoms with Crippen LogP contribution in [0.2, 0.25) is 0 Å². The van der Waals surface area contributed by atoms with E-state index in [-0.39, 0.29) is 0 Å². The number of hydrogen-bond acceptors (Lipinski definition) is 5. The van der Waals surface area contributed by atoms with Gasteiger partial charge in [-0.25, -0.2) is 4.98 Å². The predicted molar refractivity (Wildman–Crippen MR) is 110 cm³/mol. The second-order valence-corrected chi connectivity index (χ2v) is 9.66. The van der Waals surface area contributed by atoms with Gasteiger partial charge in [0.2, 0.25) is 5.95 Å². The Morgan fingerprint density at radius 2 is 1.96 bits per heavy atom. The first-order chi connectivity index (χ1) is 13.2. The Labute approximate surface area is 163 Å². The van der Waals surface area contributed by atoms with Crippen molar-refractivity contribution in [3.8, 4) is 0 Å². The number of hydrogen-bond donors (Lipinski definition) is 2. The highest BCUT2D eigenvalue weighted by atomic mass is 15.2. The number of nitrogens with one attached hydrogen (secondary N) is 1. The largest absolute Gasteiger partial charge is 0.368 e. The lowest BCUT2D eigenvalue weighted by Gasteiger charge is -2.52. The van der Waals surface area contributed by atoms with Gasteiger partial charge in [-0.2, -0.15) is 4.98 Å². The van der Waals surface area contributed by atoms with Crippen molar-refractivity contribution in [3.05, 3.63) is 11.3 Å². The van der Waals surface area contributed by atoms with E-state index in [4.69, 9.17) is 15.7 Å². The van der Waals surface area contributed by atoms with Gasteiger partial charge in [0, 0.05) is 36.0 Å². The van der Waals surface area contributed by atoms with Crippen LogP contribution in [0.25, 0.3) is 0 Å². The lowest BCUT2D eigenvalue weighted by Crippen LogP contribution is -2.57. The highest BCUT2D eigenvalue weighted by Crippen LogP contribution is 2.50. The summed E-state index contributed by atoms with van der Waals surface area (Å²) in [6.45, 7) is 6.96. The second-order valence-electron chi connectivity index (χ2n) is 9.66. The fourth-order valence-corrected chi connectivity index (χ4v) is 6.86. The molecule has 1 aromatic rings. The zero-order chi connectivity index (χ0) is 18.5. The Morgan fingerprint density at radius 1 is 1.15 bits per heavy atom. The van der Waals surface area contributed by atoms with E-state index >= 15 is 0 Å². The number of rotatable bonds is 2. The van der Waals surface area contributed by atoms with Gasteiger partial charge in [0.25, 0.3) is 0 Å². The quantitative estimate of drug-likeness (QED) is 0.836. The molecule has 148 valence electrons. The van der Waals surface area contributed by atoms with Crippen LogP contribution in [-0.4, -0.2) is 36.1 Å². The Bertz CT molecular complexity index is 711. The van der Waals surface area contributed by atoms with Crippen LogP contribution in [-0.2, 0) is 11.8 Å². The first-order valence-electron chi connectivity index (χ1n) is 11.3. The molecule has 2 saturated heterocycles. The monoisotopic (exact) mass is 369 g/mol. The number of nitrogens with zero attached hydrogens (tertiary/aromatic N) is 3. The van der Waals surface area contributed by atoms with Crippen molar-refractivity contribution in [2.24, 2.45) is 11.3 Å². The standard InChI is InChI=1S/C22H35N5/c1-2-21-14-24-12-7-16(21)8-13-27(15-21)19-17-6-5-11-22(9-3-4-10-22)18(17)25-20(23)26-19/h16,24H,2-15H2,1H3,(H2,23,25,26). The molecule has 1 aromatic heterocycles. The van der Waals surface area contributed by atoms with Crippen molar-refractivity contribution in [1.29, 1.82) is 0 Å². The number of nitrogens with two attached hydrogens (primary N) is 1. The molecule has 3 N–H and O–H groups in total. The third-order valence-corrected chi connectivity index (χ3v) is 8.42. The first-order valence-corrected chi connectivity index (χ1v) is 11.3. The smallest absolute Gasteiger partial charge is 0.222 e. The van der Waals surface area contributed by atoms with E-state index < -0.39 is 0 Å². The molecule has 2 unspecified atom stereocenters. The zero-order valence-electron chi connectivity index (χ0n) is 16.9. The Morgan fingerprint density at radius 3 is 2.78 bits per heavy atom. The van der Waals surface area contributed by atoms with Gasteiger partial charge in [0.1, 0.15) is 5.82 Å². The average Bonchev–Trinajstić information content (AvgIpc) is 3.17. The lowest BCUT2D eigenvalue weighted by molar-refractivity contribution is 0.0842. The summed E-state index contributed by atoms with van der Waals surface area (Å²) in [4.78, 5) is 12.3. The van der Waals surface area contributed by atoms with Crippen LogP contribution in [0.15, 0.2) is 0 Å². The van der Waals surface area contributed by atoms with Crippen LogP contribution in [0.4, 0.5) is 11.8 Å². The molecule has 2 aliphatic heterocycles. The van der Waals surface area contributed by atoms with Crippen LogP contribution in [0, 0.1) is 11.3 Å². The summed E-state index contributed by atoms with van der Waals surface area (Å²) in [5.74, 6) is 2.53. The Balaban J connectivity index is 1.53. The molecule has 5 rings (SSSR count). The van der Waals surface area contributed by atoms with E-state index in [0.717, 1.165) is 32.0 Å². The van der Waals surface area contributed by atoms with Crippen LogP contribution in [0.5, 0.6) is 0 Å². The van der Waals surface area contributed by atoms with E-state index in [9.17, 15) is 0 Å². The minimum Gasteiger partial charge on any atom is -0.368 e. The van der Waals surface area contributed by atoms with Crippen molar-refractivity contribution >= 4 is 11.8 Å². The fourth-order valence-electron chi connectivity index (χ4n) is 6.86. The molecule has 0 bridgehead atoms. The SMILES string of the molecule is CCC12CNCCC1CCN(c1nc(N)nc3c1CCCC31CCCC1)C2. The van der Waals surface area contributed by atoms with Crippen LogP contribution < -0.4 is 16.0 Å². The first kappa shape index (κ1) is 17.7. The van der Waals surface area contributed by atoms with Crippen molar-refractivity contribution in [3.63, 3.8) is 0 Å². The van der Waals surface area contributed by atoms with Gasteiger partial charge < -0.3 is 16.0 Å². The van der Waals surface area contributed by atoms with Gasteiger partial charge in [-0.3, -0.25) is 0 Å². The molecule has 27 heavy (non-hydrogen) atoms. The highest BCUT2D eigenvalue weighted by Gasteiger charge is 2.46. The fraction of sp³-hybridized carbons (Fsp3) is 0.818. The van der Waals surface area contributed by atoms with Gasteiger partial charge >= 0.3 is 0 Å². The summed E-state index contributed by atoms with van der Waals surface area (Å²) in [5.41, 5.74) is 9.72. The third kappa shape index (κ3) is 2.76. The summed E-state index contributed by atoms with van der Waals surface area (Å²) in [6, 6.07) is 0. The van der Waals surface area contributed by atoms with Crippen molar-refractivity contribution < 1.29 is 0 Å². The van der Waals surface area contributed by atoms with Gasteiger partial charge in [-0.15, -0.1) is 0 Å². The van der Waals surface area contributed by atoms with Crippen molar-refractivity contribution in [2.45, 2.75) is 76.5 Å². The number of fused-ring (bicyclic) bond motifs is 3. The maximum atomic E-state index is 6.28. The molecule has 1 spiro atoms. The van der Waals surface area contributed by atoms with Gasteiger partial charge in [-0.1, -0.05) is 19.8 Å². The van der Waals surface area contributed by atoms with E-state index in [1.165, 1.54) is 81.4 Å². The van der Waals surface area contributed by atoms with Crippen molar-refractivity contribution in [2.75, 3.05) is 36.8 Å². The topological polar surface area (TPSA) is 67.1 Å². The molecule has 5 heteroatoms. The van der Waals surface area contributed by atoms with E-state index in [1.54, 1.807) is 0 Å². The van der Waals surface area contributed by atoms with E-state index in [1.807, 2.05) is 0 Å². The van der Waals surface area contributed by atoms with Gasteiger partial charge in [-0.05, 0) is 63.8 Å². The van der Waals surface area contributed by atoms with Gasteiger partial charge in [0.15, 0.2) is 0 Å². The average molecular weight is 370 g/mol. The Kier molecular flexibility index (Phi) is 4.34. The lowest BCUT2D eigenvalue weighted by atomic mass is 9.65. The minimum atomic E-state index is 0.298. The highest BCUT2D eigenvalue weighted by molar-refractivity contribution is 5.55. The molecule has 1 saturated carbocycles.